The fraction of sp³-hybridized carbons (Fsp3) is 0.292. The molecule has 1 heterocycles. The second-order valence-corrected chi connectivity index (χ2v) is 9.95. The van der Waals surface area contributed by atoms with E-state index in [-0.39, 0.29) is 30.4 Å². The molecule has 0 fully saturated rings. The Hall–Kier alpha value is -3.54. The van der Waals surface area contributed by atoms with Crippen LogP contribution >= 0.6 is 0 Å². The van der Waals surface area contributed by atoms with Crippen molar-refractivity contribution in [3.8, 4) is 23.0 Å². The zero-order chi connectivity index (χ0) is 25.4. The Balaban J connectivity index is 1.88. The molecule has 0 aliphatic carbocycles. The van der Waals surface area contributed by atoms with Gasteiger partial charge in [0, 0.05) is 11.0 Å². The molecule has 0 aliphatic rings. The lowest BCUT2D eigenvalue weighted by atomic mass is 10.2. The van der Waals surface area contributed by atoms with E-state index in [1.54, 1.807) is 14.2 Å². The van der Waals surface area contributed by atoms with Crippen LogP contribution in [0.5, 0.6) is 23.0 Å². The third-order valence-electron chi connectivity index (χ3n) is 5.08. The molecule has 3 N–H and O–H groups in total. The standard InChI is InChI=1S/C24H29N2O8S/c1-30-19-8-4-17(5-9-19)14-32-22-12-21(24(34-25)16-35(3,28)29)26(27)13-23(22)33-15-18-6-10-20(31-2)11-7-18/h4-13,24,27H,14-16,25H2,1-3H3/q+1. The molecular weight excluding hydrogens is 476 g/mol. The Kier molecular flexibility index (Phi) is 8.74. The Morgan fingerprint density at radius 1 is 0.886 bits per heavy atom. The fourth-order valence-electron chi connectivity index (χ4n) is 3.22. The van der Waals surface area contributed by atoms with Gasteiger partial charge in [-0.2, -0.15) is 0 Å². The Morgan fingerprint density at radius 2 is 1.37 bits per heavy atom. The largest absolute Gasteiger partial charge is 0.497 e. The smallest absolute Gasteiger partial charge is 0.269 e. The van der Waals surface area contributed by atoms with Crippen molar-refractivity contribution in [3.63, 3.8) is 0 Å². The Morgan fingerprint density at radius 3 is 1.80 bits per heavy atom. The van der Waals surface area contributed by atoms with Gasteiger partial charge in [-0.1, -0.05) is 24.3 Å². The lowest BCUT2D eigenvalue weighted by Crippen LogP contribution is -2.39. The summed E-state index contributed by atoms with van der Waals surface area (Å²) in [7, 11) is -0.293. The van der Waals surface area contributed by atoms with Crippen molar-refractivity contribution >= 4 is 9.84 Å². The maximum absolute atomic E-state index is 11.8. The first-order valence-corrected chi connectivity index (χ1v) is 12.6. The molecule has 3 rings (SSSR count). The average Bonchev–Trinajstić information content (AvgIpc) is 2.85. The number of rotatable bonds is 12. The number of methoxy groups -OCH3 is 2. The number of pyridine rings is 1. The summed E-state index contributed by atoms with van der Waals surface area (Å²) in [5.74, 6) is 6.83. The molecule has 1 atom stereocenters. The van der Waals surface area contributed by atoms with Crippen LogP contribution in [0.15, 0.2) is 60.8 Å². The van der Waals surface area contributed by atoms with E-state index in [4.69, 9.17) is 29.7 Å². The van der Waals surface area contributed by atoms with Gasteiger partial charge in [-0.3, -0.25) is 10.0 Å². The molecule has 0 spiro atoms. The van der Waals surface area contributed by atoms with Gasteiger partial charge >= 0.3 is 0 Å². The normalized spacial score (nSPS) is 12.1. The number of hydrogen-bond acceptors (Lipinski definition) is 9. The minimum absolute atomic E-state index is 0.0828. The number of benzene rings is 2. The van der Waals surface area contributed by atoms with Gasteiger partial charge in [-0.25, -0.2) is 14.3 Å². The van der Waals surface area contributed by atoms with Gasteiger partial charge in [0.1, 0.15) is 24.7 Å². The van der Waals surface area contributed by atoms with Crippen LogP contribution in [0.3, 0.4) is 0 Å². The van der Waals surface area contributed by atoms with E-state index in [1.165, 1.54) is 12.3 Å². The van der Waals surface area contributed by atoms with Gasteiger partial charge in [0.2, 0.25) is 5.75 Å². The maximum Gasteiger partial charge on any atom is 0.269 e. The van der Waals surface area contributed by atoms with Crippen LogP contribution < -0.4 is 29.6 Å². The quantitative estimate of drug-likeness (QED) is 0.216. The topological polar surface area (TPSA) is 130 Å². The van der Waals surface area contributed by atoms with Crippen LogP contribution in [0, 0.1) is 0 Å². The molecule has 0 bridgehead atoms. The summed E-state index contributed by atoms with van der Waals surface area (Å²) in [6.07, 6.45) is 1.19. The van der Waals surface area contributed by atoms with E-state index in [0.29, 0.717) is 16.2 Å². The third kappa shape index (κ3) is 7.47. The lowest BCUT2D eigenvalue weighted by molar-refractivity contribution is -0.911. The van der Waals surface area contributed by atoms with Crippen molar-refractivity contribution in [3.05, 3.63) is 77.6 Å². The van der Waals surface area contributed by atoms with Crippen LogP contribution in [0.2, 0.25) is 0 Å². The number of hydrogen-bond donors (Lipinski definition) is 2. The Labute approximate surface area is 204 Å². The highest BCUT2D eigenvalue weighted by Gasteiger charge is 2.30. The van der Waals surface area contributed by atoms with Gasteiger partial charge in [-0.15, -0.1) is 0 Å². The predicted molar refractivity (Wildman–Crippen MR) is 126 cm³/mol. The summed E-state index contributed by atoms with van der Waals surface area (Å²) in [6, 6.07) is 16.1. The van der Waals surface area contributed by atoms with Gasteiger partial charge in [0.15, 0.2) is 21.7 Å². The Bertz CT molecular complexity index is 1220. The zero-order valence-corrected chi connectivity index (χ0v) is 20.5. The van der Waals surface area contributed by atoms with E-state index < -0.39 is 21.7 Å². The predicted octanol–water partition coefficient (Wildman–Crippen LogP) is 2.36. The summed E-state index contributed by atoms with van der Waals surface area (Å²) in [5, 5.41) is 10.5. The molecule has 35 heavy (non-hydrogen) atoms. The summed E-state index contributed by atoms with van der Waals surface area (Å²) >= 11 is 0. The summed E-state index contributed by atoms with van der Waals surface area (Å²) in [5.41, 5.74) is 1.80. The van der Waals surface area contributed by atoms with Crippen LogP contribution in [0.4, 0.5) is 0 Å². The van der Waals surface area contributed by atoms with Crippen molar-refractivity contribution in [1.29, 1.82) is 0 Å². The zero-order valence-electron chi connectivity index (χ0n) is 19.7. The molecular formula is C24H29N2O8S+. The highest BCUT2D eigenvalue weighted by molar-refractivity contribution is 7.90. The molecule has 0 saturated carbocycles. The van der Waals surface area contributed by atoms with Crippen molar-refractivity contribution in [2.24, 2.45) is 5.90 Å². The van der Waals surface area contributed by atoms with Crippen LogP contribution in [-0.2, 0) is 27.9 Å². The summed E-state index contributed by atoms with van der Waals surface area (Å²) < 4.78 is 46.6. The molecule has 0 amide bonds. The SMILES string of the molecule is COc1ccc(COc2cc(C(CS(C)(=O)=O)ON)[n+](O)cc2OCc2ccc(OC)cc2)cc1. The molecule has 0 aliphatic heterocycles. The monoisotopic (exact) mass is 505 g/mol. The van der Waals surface area contributed by atoms with Crippen LogP contribution in [0.25, 0.3) is 0 Å². The van der Waals surface area contributed by atoms with E-state index >= 15 is 0 Å². The van der Waals surface area contributed by atoms with Crippen LogP contribution in [-0.4, -0.2) is 39.9 Å². The number of nitrogens with zero attached hydrogens (tertiary/aromatic N) is 1. The minimum Gasteiger partial charge on any atom is -0.497 e. The van der Waals surface area contributed by atoms with Crippen molar-refractivity contribution in [2.75, 3.05) is 26.2 Å². The molecule has 1 unspecified atom stereocenters. The van der Waals surface area contributed by atoms with E-state index in [9.17, 15) is 13.6 Å². The summed E-state index contributed by atoms with van der Waals surface area (Å²) in [6.45, 7) is 0.361. The molecule has 11 heteroatoms. The molecule has 1 aromatic heterocycles. The first kappa shape index (κ1) is 26.1. The molecule has 2 aromatic carbocycles. The molecule has 0 saturated heterocycles. The molecule has 188 valence electrons. The highest BCUT2D eigenvalue weighted by Crippen LogP contribution is 2.31. The number of nitrogens with two attached hydrogens (primary N) is 1. The maximum atomic E-state index is 11.8. The van der Waals surface area contributed by atoms with E-state index in [0.717, 1.165) is 17.4 Å². The highest BCUT2D eigenvalue weighted by atomic mass is 32.2. The number of sulfone groups is 1. The van der Waals surface area contributed by atoms with Crippen molar-refractivity contribution in [1.82, 2.24) is 0 Å². The molecule has 0 radical (unpaired) electrons. The van der Waals surface area contributed by atoms with Gasteiger partial charge in [0.25, 0.3) is 11.9 Å². The number of ether oxygens (including phenoxy) is 4. The second-order valence-electron chi connectivity index (χ2n) is 7.76. The first-order chi connectivity index (χ1) is 16.7. The molecule has 10 nitrogen and oxygen atoms in total. The van der Waals surface area contributed by atoms with Gasteiger partial charge in [-0.05, 0) is 35.4 Å². The second kappa shape index (κ2) is 11.7. The van der Waals surface area contributed by atoms with Crippen LogP contribution in [0.1, 0.15) is 22.9 Å². The molecule has 3 aromatic rings. The third-order valence-corrected chi connectivity index (χ3v) is 5.99. The van der Waals surface area contributed by atoms with E-state index in [2.05, 4.69) is 0 Å². The number of aromatic nitrogens is 1. The lowest BCUT2D eigenvalue weighted by Gasteiger charge is -2.15. The van der Waals surface area contributed by atoms with Crippen molar-refractivity contribution < 1.29 is 42.1 Å². The fourth-order valence-corrected chi connectivity index (χ4v) is 4.02. The minimum atomic E-state index is -3.46. The average molecular weight is 506 g/mol. The van der Waals surface area contributed by atoms with E-state index in [1.807, 2.05) is 48.5 Å². The van der Waals surface area contributed by atoms with Gasteiger partial charge in [0.05, 0.1) is 26.0 Å². The first-order valence-electron chi connectivity index (χ1n) is 10.6. The summed E-state index contributed by atoms with van der Waals surface area (Å²) in [4.78, 5) is 4.85. The van der Waals surface area contributed by atoms with Crippen molar-refractivity contribution in [2.45, 2.75) is 19.3 Å². The van der Waals surface area contributed by atoms with Gasteiger partial charge < -0.3 is 18.9 Å².